The molecular weight excluding hydrogens is 472 g/mol. The lowest BCUT2D eigenvalue weighted by Gasteiger charge is -2.71. The lowest BCUT2D eigenvalue weighted by Crippen LogP contribution is -3.19. The number of carboxylic acid groups (broad SMARTS) is 1. The van der Waals surface area contributed by atoms with Crippen molar-refractivity contribution in [1.29, 1.82) is 0 Å². The molecule has 6 aliphatic rings. The second-order valence-corrected chi connectivity index (χ2v) is 12.8. The number of piperidine rings is 1. The van der Waals surface area contributed by atoms with Gasteiger partial charge in [0.15, 0.2) is 11.4 Å². The van der Waals surface area contributed by atoms with Gasteiger partial charge in [-0.1, -0.05) is 12.0 Å². The number of quaternary nitrogens is 1. The van der Waals surface area contributed by atoms with Gasteiger partial charge in [-0.3, -0.25) is 9.69 Å². The lowest BCUT2D eigenvalue weighted by molar-refractivity contribution is -0.832. The monoisotopic (exact) mass is 514 g/mol. The molecule has 9 nitrogen and oxygen atoms in total. The maximum Gasteiger partial charge on any atom is 0.293 e. The standard InChI is InChI=1S/C28H42N4O5/c1-30-24(29)32-12-10-25(15-31-11-13-33)9-8-20-27-17-4-2-3-5-21(34)28(20,37)22(23(35)36)19(27)14-18(7-6-17)26(25,27)16-32/h17-18,20,31,33,37H,2-16H2,1H3,(H2,29,30)(H,35,36). The minimum Gasteiger partial charge on any atom is -0.545 e. The number of allylic oxidation sites excluding steroid dienone is 1. The zero-order valence-corrected chi connectivity index (χ0v) is 22.0. The molecule has 8 atom stereocenters. The topological polar surface area (TPSA) is 153 Å². The van der Waals surface area contributed by atoms with Crippen LogP contribution in [0.5, 0.6) is 0 Å². The summed E-state index contributed by atoms with van der Waals surface area (Å²) in [6, 6.07) is 0. The number of rotatable bonds is 5. The van der Waals surface area contributed by atoms with Crippen molar-refractivity contribution in [2.45, 2.75) is 69.8 Å². The second kappa shape index (κ2) is 8.60. The number of aliphatic hydroxyl groups excluding tert-OH is 1. The molecule has 2 spiro atoms. The summed E-state index contributed by atoms with van der Waals surface area (Å²) >= 11 is 0. The van der Waals surface area contributed by atoms with E-state index in [4.69, 9.17) is 5.73 Å². The van der Waals surface area contributed by atoms with Gasteiger partial charge in [0.05, 0.1) is 25.7 Å². The van der Waals surface area contributed by atoms with Gasteiger partial charge in [-0.2, -0.15) is 0 Å². The lowest BCUT2D eigenvalue weighted by atomic mass is 9.34. The molecule has 5 fully saturated rings. The van der Waals surface area contributed by atoms with Crippen LogP contribution in [0.4, 0.5) is 0 Å². The Morgan fingerprint density at radius 2 is 2.00 bits per heavy atom. The summed E-state index contributed by atoms with van der Waals surface area (Å²) in [4.78, 5) is 32.1. The largest absolute Gasteiger partial charge is 0.545 e. The van der Waals surface area contributed by atoms with Crippen LogP contribution in [0.25, 0.3) is 0 Å². The van der Waals surface area contributed by atoms with E-state index in [1.165, 1.54) is 0 Å². The molecule has 6 rings (SSSR count). The first kappa shape index (κ1) is 25.5. The number of hydrogen-bond acceptors (Lipinski definition) is 7. The molecule has 1 aliphatic heterocycles. The van der Waals surface area contributed by atoms with Gasteiger partial charge in [0.25, 0.3) is 5.96 Å². The molecule has 8 unspecified atom stereocenters. The van der Waals surface area contributed by atoms with Crippen LogP contribution in [-0.4, -0.2) is 73.4 Å². The van der Waals surface area contributed by atoms with Crippen LogP contribution in [0, 0.1) is 34.0 Å². The number of ketones is 1. The van der Waals surface area contributed by atoms with Gasteiger partial charge in [-0.05, 0) is 56.8 Å². The minimum atomic E-state index is -1.97. The molecule has 9 heteroatoms. The highest BCUT2D eigenvalue weighted by Crippen LogP contribution is 2.84. The molecule has 1 saturated heterocycles. The number of aliphatic imine (C=N–C) groups is 1. The Labute approximate surface area is 218 Å². The van der Waals surface area contributed by atoms with Gasteiger partial charge in [-0.25, -0.2) is 4.99 Å². The third kappa shape index (κ3) is 2.87. The second-order valence-electron chi connectivity index (χ2n) is 12.8. The summed E-state index contributed by atoms with van der Waals surface area (Å²) in [6.45, 7) is 2.89. The predicted molar refractivity (Wildman–Crippen MR) is 134 cm³/mol. The maximum atomic E-state index is 13.8. The van der Waals surface area contributed by atoms with Gasteiger partial charge >= 0.3 is 0 Å². The SMILES string of the molecule is CN=C(N)[NH+]1CCC2(CNCCO)CCC3C4(O)C(=O)CCCCC5CCC6CC(=C4C(=O)[O-])C53C62C1. The van der Waals surface area contributed by atoms with Crippen molar-refractivity contribution < 1.29 is 29.8 Å². The van der Waals surface area contributed by atoms with Crippen LogP contribution in [-0.2, 0) is 9.59 Å². The number of nitrogens with one attached hydrogen (secondary N) is 2. The number of carbonyl (C=O) groups is 2. The Morgan fingerprint density at radius 3 is 2.73 bits per heavy atom. The first-order chi connectivity index (χ1) is 17.7. The zero-order chi connectivity index (χ0) is 26.2. The van der Waals surface area contributed by atoms with Crippen molar-refractivity contribution in [2.75, 3.05) is 39.8 Å². The Balaban J connectivity index is 1.65. The normalized spacial score (nSPS) is 46.8. The fourth-order valence-electron chi connectivity index (χ4n) is 11.2. The predicted octanol–water partition coefficient (Wildman–Crippen LogP) is -1.47. The van der Waals surface area contributed by atoms with Crippen LogP contribution in [0.15, 0.2) is 16.1 Å². The highest BCUT2D eigenvalue weighted by molar-refractivity contribution is 6.04. The third-order valence-corrected chi connectivity index (χ3v) is 12.1. The van der Waals surface area contributed by atoms with E-state index in [0.29, 0.717) is 31.8 Å². The summed E-state index contributed by atoms with van der Waals surface area (Å²) in [7, 11) is 1.72. The summed E-state index contributed by atoms with van der Waals surface area (Å²) < 4.78 is 0. The van der Waals surface area contributed by atoms with E-state index >= 15 is 0 Å². The molecule has 6 N–H and O–H groups in total. The number of hydrogen-bond donors (Lipinski definition) is 5. The van der Waals surface area contributed by atoms with E-state index < -0.39 is 22.9 Å². The Bertz CT molecular complexity index is 1070. The van der Waals surface area contributed by atoms with Crippen LogP contribution in [0.1, 0.15) is 64.2 Å². The fraction of sp³-hybridized carbons (Fsp3) is 0.821. The van der Waals surface area contributed by atoms with Crippen LogP contribution in [0.3, 0.4) is 0 Å². The molecule has 0 aromatic carbocycles. The van der Waals surface area contributed by atoms with Crippen molar-refractivity contribution in [3.63, 3.8) is 0 Å². The number of nitrogens with zero attached hydrogens (tertiary/aromatic N) is 1. The summed E-state index contributed by atoms with van der Waals surface area (Å²) in [5, 5.41) is 38.3. The smallest absolute Gasteiger partial charge is 0.293 e. The summed E-state index contributed by atoms with van der Waals surface area (Å²) in [5.41, 5.74) is 4.24. The van der Waals surface area contributed by atoms with Gasteiger partial charge in [-0.15, -0.1) is 0 Å². The maximum absolute atomic E-state index is 13.8. The van der Waals surface area contributed by atoms with Gasteiger partial charge in [0.1, 0.15) is 0 Å². The molecule has 0 aromatic heterocycles. The van der Waals surface area contributed by atoms with Crippen LogP contribution in [0.2, 0.25) is 0 Å². The fourth-order valence-corrected chi connectivity index (χ4v) is 11.2. The Hall–Kier alpha value is -1.81. The summed E-state index contributed by atoms with van der Waals surface area (Å²) in [6.07, 6.45) is 7.76. The first-order valence-corrected chi connectivity index (χ1v) is 14.3. The number of carboxylic acids is 1. The molecule has 1 heterocycles. The van der Waals surface area contributed by atoms with Crippen molar-refractivity contribution >= 4 is 17.7 Å². The van der Waals surface area contributed by atoms with Gasteiger partial charge < -0.3 is 31.2 Å². The number of nitrogens with two attached hydrogens (primary N) is 1. The molecule has 204 valence electrons. The van der Waals surface area contributed by atoms with E-state index in [9.17, 15) is 24.9 Å². The molecule has 0 amide bonds. The van der Waals surface area contributed by atoms with Crippen LogP contribution < -0.4 is 21.1 Å². The van der Waals surface area contributed by atoms with E-state index in [2.05, 4.69) is 10.3 Å². The molecule has 5 aliphatic carbocycles. The van der Waals surface area contributed by atoms with E-state index in [1.807, 2.05) is 0 Å². The minimum absolute atomic E-state index is 0.0595. The number of aliphatic hydroxyl groups is 2. The first-order valence-electron chi connectivity index (χ1n) is 14.3. The molecule has 0 aromatic rings. The number of guanidine groups is 1. The third-order valence-electron chi connectivity index (χ3n) is 12.1. The van der Waals surface area contributed by atoms with E-state index in [1.54, 1.807) is 7.05 Å². The number of Topliss-reactive ketones (excluding diaryl/α,β-unsaturated/α-hetero) is 1. The van der Waals surface area contributed by atoms with Gasteiger partial charge in [0, 0.05) is 60.7 Å². The number of aliphatic carboxylic acids is 1. The molecule has 3 bridgehead atoms. The van der Waals surface area contributed by atoms with Crippen LogP contribution >= 0.6 is 0 Å². The highest BCUT2D eigenvalue weighted by Gasteiger charge is 2.85. The summed E-state index contributed by atoms with van der Waals surface area (Å²) in [5.74, 6) is -1.08. The average Bonchev–Trinajstić information content (AvgIpc) is 3.23. The van der Waals surface area contributed by atoms with Crippen molar-refractivity contribution in [2.24, 2.45) is 44.7 Å². The Kier molecular flexibility index (Phi) is 5.92. The number of carbonyl (C=O) groups excluding carboxylic acids is 2. The zero-order valence-electron chi connectivity index (χ0n) is 22.0. The molecule has 4 saturated carbocycles. The Morgan fingerprint density at radius 1 is 1.22 bits per heavy atom. The molecular formula is C28H42N4O5. The molecule has 0 radical (unpaired) electrons. The quantitative estimate of drug-likeness (QED) is 0.171. The highest BCUT2D eigenvalue weighted by atomic mass is 16.4. The molecule has 37 heavy (non-hydrogen) atoms. The van der Waals surface area contributed by atoms with E-state index in [0.717, 1.165) is 68.6 Å². The van der Waals surface area contributed by atoms with Crippen molar-refractivity contribution in [3.8, 4) is 0 Å². The number of likely N-dealkylation sites (tertiary alicyclic amines) is 1. The average molecular weight is 515 g/mol. The van der Waals surface area contributed by atoms with Crippen molar-refractivity contribution in [3.05, 3.63) is 11.1 Å². The van der Waals surface area contributed by atoms with Crippen molar-refractivity contribution in [1.82, 2.24) is 5.32 Å². The van der Waals surface area contributed by atoms with Gasteiger partial charge in [0.2, 0.25) is 0 Å². The van der Waals surface area contributed by atoms with E-state index in [-0.39, 0.29) is 47.0 Å².